The lowest BCUT2D eigenvalue weighted by atomic mass is 10.1. The van der Waals surface area contributed by atoms with Crippen LogP contribution in [0.5, 0.6) is 0 Å². The Bertz CT molecular complexity index is 6520. The van der Waals surface area contributed by atoms with Crippen molar-refractivity contribution in [2.45, 2.75) is 59.1 Å². The average molecular weight is 1950 g/mol. The Morgan fingerprint density at radius 2 is 0.407 bits per heavy atom. The molecule has 700 valence electrons. The SMILES string of the molecule is CN(C)C=O.Cc1ccc(-c2cc(C(=O)Nc3ccc(S(N)(=O)=O)cc3)no2)cc1F.Cc1ccc(-c2cc(C(=O)Nc3ccc(S(N)(=O)=O)cc3)no2)cc1F.Cc1ccc(-c2cc(C(=O)Nc3ccc(S(N)(=O)=O)cc3)no2)cc1F.Cc1ccc(-c2cc(C(=O)Nc3ccc(S(N)(=O)=O)cc3)no2)cc1F.Cc1ccc(-c2cc(C(=O)Nc3ccc(S(N)(=O)=O)cc3)no2)cc1F. The Labute approximate surface area is 766 Å². The molecule has 15 aromatic rings. The number of rotatable bonds is 21. The van der Waals surface area contributed by atoms with Crippen molar-refractivity contribution in [3.8, 4) is 56.6 Å². The predicted octanol–water partition coefficient (Wildman–Crippen LogP) is 13.1. The number of hydrogen-bond donors (Lipinski definition) is 10. The molecule has 0 aliphatic heterocycles. The van der Waals surface area contributed by atoms with Gasteiger partial charge in [0.05, 0.1) is 24.5 Å². The van der Waals surface area contributed by atoms with Gasteiger partial charge in [-0.25, -0.2) is 89.7 Å². The number of anilines is 5. The summed E-state index contributed by atoms with van der Waals surface area (Å²) in [6, 6.07) is 56.4. The lowest BCUT2D eigenvalue weighted by molar-refractivity contribution is -0.115. The van der Waals surface area contributed by atoms with E-state index in [9.17, 15) is 92.8 Å². The van der Waals surface area contributed by atoms with E-state index in [1.165, 1.54) is 187 Å². The number of carbonyl (C=O) groups excluding carboxylic acids is 6. The highest BCUT2D eigenvalue weighted by molar-refractivity contribution is 7.90. The van der Waals surface area contributed by atoms with Crippen molar-refractivity contribution in [2.75, 3.05) is 40.7 Å². The number of carbonyl (C=O) groups is 6. The van der Waals surface area contributed by atoms with Gasteiger partial charge in [0.2, 0.25) is 56.5 Å². The normalized spacial score (nSPS) is 11.2. The number of hydrogen-bond acceptors (Lipinski definition) is 26. The minimum Gasteiger partial charge on any atom is -0.355 e. The van der Waals surface area contributed by atoms with Crippen LogP contribution in [0.1, 0.15) is 80.3 Å². The molecule has 0 atom stereocenters. The molecule has 0 saturated carbocycles. The third-order valence-corrected chi connectivity index (χ3v) is 23.1. The number of nitrogens with two attached hydrogens (primary N) is 5. The van der Waals surface area contributed by atoms with Crippen molar-refractivity contribution in [2.24, 2.45) is 25.7 Å². The van der Waals surface area contributed by atoms with E-state index in [0.717, 1.165) is 6.41 Å². The molecule has 6 amide bonds. The number of benzene rings is 10. The number of halogens is 5. The minimum atomic E-state index is -3.80. The molecule has 0 unspecified atom stereocenters. The number of primary sulfonamides is 5. The van der Waals surface area contributed by atoms with Crippen LogP contribution in [0, 0.1) is 63.7 Å². The molecular weight excluding hydrogens is 1870 g/mol. The Morgan fingerprint density at radius 3 is 0.526 bits per heavy atom. The van der Waals surface area contributed by atoms with E-state index in [-0.39, 0.29) is 111 Å². The van der Waals surface area contributed by atoms with Crippen molar-refractivity contribution < 1.29 is 115 Å². The zero-order valence-electron chi connectivity index (χ0n) is 71.2. The van der Waals surface area contributed by atoms with Gasteiger partial charge in [-0.2, -0.15) is 0 Å². The van der Waals surface area contributed by atoms with Crippen molar-refractivity contribution in [3.63, 3.8) is 0 Å². The molecule has 5 aromatic heterocycles. The molecule has 15 N–H and O–H groups in total. The third-order valence-electron chi connectivity index (χ3n) is 18.4. The molecule has 0 bridgehead atoms. The molecule has 0 radical (unpaired) electrons. The van der Waals surface area contributed by atoms with Crippen molar-refractivity contribution in [1.29, 1.82) is 0 Å². The molecule has 135 heavy (non-hydrogen) atoms. The first-order valence-corrected chi connectivity index (χ1v) is 46.2. The number of amides is 6. The second kappa shape index (κ2) is 43.5. The first-order chi connectivity index (χ1) is 63.5. The molecule has 0 fully saturated rings. The van der Waals surface area contributed by atoms with Crippen LogP contribution in [0.3, 0.4) is 0 Å². The fourth-order valence-corrected chi connectivity index (χ4v) is 13.5. The summed E-state index contributed by atoms with van der Waals surface area (Å²) < 4.78 is 206. The smallest absolute Gasteiger partial charge is 0.277 e. The largest absolute Gasteiger partial charge is 0.355 e. The number of aromatic nitrogens is 5. The van der Waals surface area contributed by atoms with Crippen molar-refractivity contribution in [3.05, 3.63) is 328 Å². The van der Waals surface area contributed by atoms with E-state index in [1.54, 1.807) is 109 Å². The van der Waals surface area contributed by atoms with E-state index < -0.39 is 79.7 Å². The van der Waals surface area contributed by atoms with Crippen molar-refractivity contribution in [1.82, 2.24) is 30.7 Å². The van der Waals surface area contributed by atoms with Crippen LogP contribution in [-0.2, 0) is 54.9 Å². The number of nitrogens with zero attached hydrogens (tertiary/aromatic N) is 6. The fraction of sp³-hybridized carbons (Fsp3) is 0.0795. The average Bonchev–Trinajstić information content (AvgIpc) is 1.71. The zero-order chi connectivity index (χ0) is 98.8. The van der Waals surface area contributed by atoms with E-state index in [2.05, 4.69) is 52.4 Å². The van der Waals surface area contributed by atoms with Crippen LogP contribution < -0.4 is 52.3 Å². The molecule has 15 rings (SSSR count). The Kier molecular flexibility index (Phi) is 32.7. The molecule has 10 aromatic carbocycles. The fourth-order valence-electron chi connectivity index (χ4n) is 10.9. The van der Waals surface area contributed by atoms with Gasteiger partial charge in [0, 0.05) is 101 Å². The summed E-state index contributed by atoms with van der Waals surface area (Å²) in [7, 11) is -15.6. The van der Waals surface area contributed by atoms with Gasteiger partial charge in [0.1, 0.15) is 29.1 Å². The van der Waals surface area contributed by atoms with E-state index in [0.29, 0.717) is 84.1 Å². The highest BCUT2D eigenvalue weighted by Gasteiger charge is 2.23. The Morgan fingerprint density at radius 1 is 0.267 bits per heavy atom. The minimum absolute atomic E-state index is 0.00324. The maximum absolute atomic E-state index is 13.6. The second-order valence-corrected chi connectivity index (χ2v) is 36.7. The predicted molar refractivity (Wildman–Crippen MR) is 482 cm³/mol. The zero-order valence-corrected chi connectivity index (χ0v) is 75.3. The molecular formula is C88H77F5N16O21S5. The van der Waals surface area contributed by atoms with E-state index in [1.807, 2.05) is 0 Å². The van der Waals surface area contributed by atoms with Gasteiger partial charge in [0.25, 0.3) is 29.5 Å². The van der Waals surface area contributed by atoms with Crippen LogP contribution in [0.4, 0.5) is 50.4 Å². The van der Waals surface area contributed by atoms with Gasteiger partial charge in [0.15, 0.2) is 57.3 Å². The maximum Gasteiger partial charge on any atom is 0.277 e. The summed E-state index contributed by atoms with van der Waals surface area (Å²) in [5.74, 6) is -3.50. The van der Waals surface area contributed by atoms with Gasteiger partial charge in [-0.15, -0.1) is 0 Å². The monoisotopic (exact) mass is 1950 g/mol. The number of sulfonamides is 5. The van der Waals surface area contributed by atoms with Gasteiger partial charge in [-0.1, -0.05) is 86.4 Å². The summed E-state index contributed by atoms with van der Waals surface area (Å²) >= 11 is 0. The number of aryl methyl sites for hydroxylation is 5. The summed E-state index contributed by atoms with van der Waals surface area (Å²) in [6.07, 6.45) is 0.750. The quantitative estimate of drug-likeness (QED) is 0.0236. The lowest BCUT2D eigenvalue weighted by Gasteiger charge is -2.03. The standard InChI is InChI=1S/5C17H14FN3O4S.C3H7NO/c5*1-10-2-3-11(8-14(10)18)16-9-15(21-25-16)17(22)20-12-4-6-13(7-5-12)26(19,23)24;1-4(2)3-5/h5*2-9H,1H3,(H,20,22)(H2,19,23,24);3H,1-2H3. The van der Waals surface area contributed by atoms with Crippen LogP contribution in [-0.4, -0.2) is 123 Å². The van der Waals surface area contributed by atoms with Gasteiger partial charge in [-0.05, 0) is 214 Å². The van der Waals surface area contributed by atoms with Crippen molar-refractivity contribution >= 4 is 114 Å². The Hall–Kier alpha value is -15.7. The summed E-state index contributed by atoms with van der Waals surface area (Å²) in [5.41, 5.74) is 6.51. The maximum atomic E-state index is 13.6. The van der Waals surface area contributed by atoms with E-state index >= 15 is 0 Å². The molecule has 37 nitrogen and oxygen atoms in total. The topological polar surface area (TPSA) is 597 Å². The third kappa shape index (κ3) is 28.6. The van der Waals surface area contributed by atoms with Gasteiger partial charge < -0.3 is 54.1 Å². The summed E-state index contributed by atoms with van der Waals surface area (Å²) in [5, 5.41) is 56.2. The van der Waals surface area contributed by atoms with Gasteiger partial charge >= 0.3 is 0 Å². The van der Waals surface area contributed by atoms with E-state index in [4.69, 9.17) is 48.3 Å². The molecule has 47 heteroatoms. The van der Waals surface area contributed by atoms with Crippen LogP contribution in [0.25, 0.3) is 56.6 Å². The highest BCUT2D eigenvalue weighted by atomic mass is 32.2. The molecule has 0 spiro atoms. The Balaban J connectivity index is 0.000000172. The second-order valence-electron chi connectivity index (χ2n) is 28.9. The number of nitrogens with one attached hydrogen (secondary N) is 5. The molecule has 0 aliphatic rings. The summed E-state index contributed by atoms with van der Waals surface area (Å²) in [4.78, 5) is 71.6. The lowest BCUT2D eigenvalue weighted by Crippen LogP contribution is -2.14. The first-order valence-electron chi connectivity index (χ1n) is 38.5. The van der Waals surface area contributed by atoms with Gasteiger partial charge in [-0.3, -0.25) is 28.8 Å². The van der Waals surface area contributed by atoms with Crippen LogP contribution in [0.2, 0.25) is 0 Å². The molecule has 0 aliphatic carbocycles. The van der Waals surface area contributed by atoms with Crippen LogP contribution >= 0.6 is 0 Å². The first kappa shape index (κ1) is 101. The van der Waals surface area contributed by atoms with Crippen LogP contribution in [0.15, 0.2) is 290 Å². The molecule has 0 saturated heterocycles. The highest BCUT2D eigenvalue weighted by Crippen LogP contribution is 2.31. The molecule has 5 heterocycles. The summed E-state index contributed by atoms with van der Waals surface area (Å²) in [6.45, 7) is 8.19.